The zero-order chi connectivity index (χ0) is 20.0. The summed E-state index contributed by atoms with van der Waals surface area (Å²) in [6.07, 6.45) is 0.207. The van der Waals surface area contributed by atoms with Crippen molar-refractivity contribution in [3.8, 4) is 5.75 Å². The number of amides is 1. The maximum atomic E-state index is 12.5. The Hall–Kier alpha value is -2.38. The van der Waals surface area contributed by atoms with E-state index in [1.807, 2.05) is 6.92 Å². The third-order valence-corrected chi connectivity index (χ3v) is 6.47. The quantitative estimate of drug-likeness (QED) is 0.726. The summed E-state index contributed by atoms with van der Waals surface area (Å²) in [7, 11) is -3.49. The number of hydrogen-bond donors (Lipinski definition) is 2. The molecule has 1 unspecified atom stereocenters. The van der Waals surface area contributed by atoms with Crippen molar-refractivity contribution < 1.29 is 18.3 Å². The number of hydrogen-bond acceptors (Lipinski definition) is 4. The second kappa shape index (κ2) is 9.01. The van der Waals surface area contributed by atoms with Crippen molar-refractivity contribution in [1.82, 2.24) is 9.62 Å². The largest absolute Gasteiger partial charge is 0.508 e. The molecule has 0 saturated heterocycles. The van der Waals surface area contributed by atoms with E-state index in [2.05, 4.69) is 5.32 Å². The van der Waals surface area contributed by atoms with E-state index in [1.165, 1.54) is 4.31 Å². The number of carbonyl (C=O) groups is 1. The summed E-state index contributed by atoms with van der Waals surface area (Å²) in [5, 5.41) is 12.2. The zero-order valence-corrected chi connectivity index (χ0v) is 16.7. The van der Waals surface area contributed by atoms with Gasteiger partial charge in [0.2, 0.25) is 15.9 Å². The first-order chi connectivity index (χ1) is 12.8. The Morgan fingerprint density at radius 2 is 1.59 bits per heavy atom. The number of rotatable bonds is 8. The van der Waals surface area contributed by atoms with E-state index < -0.39 is 10.0 Å². The number of carbonyl (C=O) groups excluding carboxylic acids is 1. The van der Waals surface area contributed by atoms with Gasteiger partial charge < -0.3 is 10.4 Å². The molecule has 0 aliphatic heterocycles. The monoisotopic (exact) mass is 390 g/mol. The maximum Gasteiger partial charge on any atom is 0.243 e. The Morgan fingerprint density at radius 1 is 1.04 bits per heavy atom. The molecule has 146 valence electrons. The van der Waals surface area contributed by atoms with E-state index >= 15 is 0 Å². The van der Waals surface area contributed by atoms with Crippen LogP contribution in [0.4, 0.5) is 0 Å². The molecule has 2 rings (SSSR count). The van der Waals surface area contributed by atoms with Gasteiger partial charge in [0.25, 0.3) is 0 Å². The van der Waals surface area contributed by atoms with Gasteiger partial charge in [-0.05, 0) is 42.3 Å². The van der Waals surface area contributed by atoms with E-state index in [4.69, 9.17) is 0 Å². The summed E-state index contributed by atoms with van der Waals surface area (Å²) in [4.78, 5) is 12.4. The number of aromatic hydroxyl groups is 1. The third kappa shape index (κ3) is 5.30. The molecule has 0 spiro atoms. The van der Waals surface area contributed by atoms with Gasteiger partial charge in [-0.25, -0.2) is 8.42 Å². The molecule has 2 aromatic carbocycles. The van der Waals surface area contributed by atoms with Crippen LogP contribution in [0, 0.1) is 0 Å². The lowest BCUT2D eigenvalue weighted by molar-refractivity contribution is -0.121. The Labute approximate surface area is 160 Å². The van der Waals surface area contributed by atoms with Crippen LogP contribution in [0.15, 0.2) is 53.4 Å². The van der Waals surface area contributed by atoms with Crippen molar-refractivity contribution >= 4 is 15.9 Å². The SMILES string of the molecule is CCN(CC)S(=O)(=O)c1ccc(C(C)NC(=O)Cc2ccc(O)cc2)cc1. The van der Waals surface area contributed by atoms with Gasteiger partial charge in [0.1, 0.15) is 5.75 Å². The Kier molecular flexibility index (Phi) is 6.98. The molecule has 7 heteroatoms. The van der Waals surface area contributed by atoms with Crippen LogP contribution in [0.5, 0.6) is 5.75 Å². The smallest absolute Gasteiger partial charge is 0.243 e. The van der Waals surface area contributed by atoms with Crippen LogP contribution in [-0.2, 0) is 21.2 Å². The van der Waals surface area contributed by atoms with Crippen LogP contribution in [-0.4, -0.2) is 36.8 Å². The molecule has 0 aliphatic carbocycles. The van der Waals surface area contributed by atoms with E-state index in [0.717, 1.165) is 11.1 Å². The predicted octanol–water partition coefficient (Wildman–Crippen LogP) is 2.84. The summed E-state index contributed by atoms with van der Waals surface area (Å²) in [5.41, 5.74) is 1.63. The highest BCUT2D eigenvalue weighted by Crippen LogP contribution is 2.19. The molecule has 0 radical (unpaired) electrons. The van der Waals surface area contributed by atoms with Crippen molar-refractivity contribution in [1.29, 1.82) is 0 Å². The Morgan fingerprint density at radius 3 is 2.11 bits per heavy atom. The molecular weight excluding hydrogens is 364 g/mol. The molecule has 1 amide bonds. The second-order valence-corrected chi connectivity index (χ2v) is 8.23. The Bertz CT molecular complexity index is 858. The van der Waals surface area contributed by atoms with Gasteiger partial charge in [-0.2, -0.15) is 4.31 Å². The van der Waals surface area contributed by atoms with E-state index in [1.54, 1.807) is 62.4 Å². The molecule has 0 fully saturated rings. The van der Waals surface area contributed by atoms with E-state index in [0.29, 0.717) is 13.1 Å². The number of phenolic OH excluding ortho intramolecular Hbond substituents is 1. The van der Waals surface area contributed by atoms with E-state index in [9.17, 15) is 18.3 Å². The van der Waals surface area contributed by atoms with Crippen LogP contribution in [0.2, 0.25) is 0 Å². The minimum Gasteiger partial charge on any atom is -0.508 e. The fourth-order valence-electron chi connectivity index (χ4n) is 2.82. The molecule has 2 aromatic rings. The second-order valence-electron chi connectivity index (χ2n) is 6.29. The summed E-state index contributed by atoms with van der Waals surface area (Å²) in [6, 6.07) is 12.8. The van der Waals surface area contributed by atoms with Crippen LogP contribution >= 0.6 is 0 Å². The lowest BCUT2D eigenvalue weighted by Crippen LogP contribution is -2.30. The summed E-state index contributed by atoms with van der Waals surface area (Å²) in [5.74, 6) is 0.0142. The normalized spacial score (nSPS) is 12.7. The fraction of sp³-hybridized carbons (Fsp3) is 0.350. The molecule has 2 N–H and O–H groups in total. The first-order valence-electron chi connectivity index (χ1n) is 8.95. The average molecular weight is 391 g/mol. The van der Waals surface area contributed by atoms with Gasteiger partial charge in [0.15, 0.2) is 0 Å². The van der Waals surface area contributed by atoms with Crippen LogP contribution < -0.4 is 5.32 Å². The summed E-state index contributed by atoms with van der Waals surface area (Å²) >= 11 is 0. The van der Waals surface area contributed by atoms with Crippen molar-refractivity contribution in [3.05, 3.63) is 59.7 Å². The van der Waals surface area contributed by atoms with E-state index in [-0.39, 0.29) is 29.0 Å². The predicted molar refractivity (Wildman–Crippen MR) is 105 cm³/mol. The highest BCUT2D eigenvalue weighted by molar-refractivity contribution is 7.89. The van der Waals surface area contributed by atoms with Crippen LogP contribution in [0.1, 0.15) is 37.9 Å². The molecule has 6 nitrogen and oxygen atoms in total. The maximum absolute atomic E-state index is 12.5. The molecular formula is C20H26N2O4S. The molecule has 0 aliphatic rings. The number of benzene rings is 2. The van der Waals surface area contributed by atoms with Crippen molar-refractivity contribution in [2.45, 2.75) is 38.1 Å². The minimum atomic E-state index is -3.49. The first-order valence-corrected chi connectivity index (χ1v) is 10.4. The number of nitrogens with zero attached hydrogens (tertiary/aromatic N) is 1. The fourth-order valence-corrected chi connectivity index (χ4v) is 4.27. The summed E-state index contributed by atoms with van der Waals surface area (Å²) < 4.78 is 26.4. The van der Waals surface area contributed by atoms with Gasteiger partial charge >= 0.3 is 0 Å². The molecule has 27 heavy (non-hydrogen) atoms. The molecule has 0 bridgehead atoms. The van der Waals surface area contributed by atoms with Crippen molar-refractivity contribution in [3.63, 3.8) is 0 Å². The number of phenols is 1. The van der Waals surface area contributed by atoms with Crippen LogP contribution in [0.3, 0.4) is 0 Å². The lowest BCUT2D eigenvalue weighted by atomic mass is 10.1. The van der Waals surface area contributed by atoms with Gasteiger partial charge in [0, 0.05) is 13.1 Å². The third-order valence-electron chi connectivity index (χ3n) is 4.40. The van der Waals surface area contributed by atoms with Crippen molar-refractivity contribution in [2.24, 2.45) is 0 Å². The standard InChI is InChI=1S/C20H26N2O4S/c1-4-22(5-2)27(25,26)19-12-8-17(9-13-19)15(3)21-20(24)14-16-6-10-18(23)11-7-16/h6-13,15,23H,4-5,14H2,1-3H3,(H,21,24). The number of nitrogens with one attached hydrogen (secondary N) is 1. The highest BCUT2D eigenvalue weighted by atomic mass is 32.2. The average Bonchev–Trinajstić information content (AvgIpc) is 2.64. The van der Waals surface area contributed by atoms with Gasteiger partial charge in [-0.3, -0.25) is 4.79 Å². The summed E-state index contributed by atoms with van der Waals surface area (Å²) in [6.45, 7) is 6.31. The first kappa shape index (κ1) is 20.9. The topological polar surface area (TPSA) is 86.7 Å². The highest BCUT2D eigenvalue weighted by Gasteiger charge is 2.21. The van der Waals surface area contributed by atoms with Crippen LogP contribution in [0.25, 0.3) is 0 Å². The van der Waals surface area contributed by atoms with Gasteiger partial charge in [-0.1, -0.05) is 38.1 Å². The molecule has 1 atom stereocenters. The van der Waals surface area contributed by atoms with Gasteiger partial charge in [0.05, 0.1) is 17.4 Å². The molecule has 0 aromatic heterocycles. The lowest BCUT2D eigenvalue weighted by Gasteiger charge is -2.19. The Balaban J connectivity index is 2.03. The zero-order valence-electron chi connectivity index (χ0n) is 15.8. The molecule has 0 saturated carbocycles. The number of sulfonamides is 1. The van der Waals surface area contributed by atoms with Crippen molar-refractivity contribution in [2.75, 3.05) is 13.1 Å². The van der Waals surface area contributed by atoms with Gasteiger partial charge in [-0.15, -0.1) is 0 Å². The molecule has 0 heterocycles. The minimum absolute atomic E-state index is 0.145.